The highest BCUT2D eigenvalue weighted by atomic mass is 32.1. The van der Waals surface area contributed by atoms with E-state index in [0.717, 1.165) is 24.2 Å². The molecule has 7 heteroatoms. The fraction of sp³-hybridized carbons (Fsp3) is 0.417. The van der Waals surface area contributed by atoms with Gasteiger partial charge >= 0.3 is 6.09 Å². The van der Waals surface area contributed by atoms with Crippen LogP contribution in [0.25, 0.3) is 0 Å². The van der Waals surface area contributed by atoms with Crippen molar-refractivity contribution in [3.05, 3.63) is 64.4 Å². The quantitative estimate of drug-likeness (QED) is 0.641. The van der Waals surface area contributed by atoms with Crippen LogP contribution in [0.15, 0.2) is 47.7 Å². The van der Waals surface area contributed by atoms with Crippen molar-refractivity contribution in [2.75, 3.05) is 25.0 Å². The molecule has 31 heavy (non-hydrogen) atoms. The third-order valence-corrected chi connectivity index (χ3v) is 7.23. The zero-order valence-corrected chi connectivity index (χ0v) is 18.2. The van der Waals surface area contributed by atoms with E-state index in [9.17, 15) is 9.59 Å². The Morgan fingerprint density at radius 3 is 2.90 bits per heavy atom. The number of nitrogens with one attached hydrogen (secondary N) is 2. The second kappa shape index (κ2) is 8.38. The normalized spacial score (nSPS) is 24.0. The molecule has 1 saturated carbocycles. The van der Waals surface area contributed by atoms with Crippen LogP contribution in [0, 0.1) is 11.8 Å². The van der Waals surface area contributed by atoms with Crippen molar-refractivity contribution in [2.24, 2.45) is 11.8 Å². The van der Waals surface area contributed by atoms with Crippen LogP contribution in [0.2, 0.25) is 0 Å². The largest absolute Gasteiger partial charge is 0.445 e. The number of thiophene rings is 1. The molecule has 3 atom stereocenters. The number of anilines is 1. The van der Waals surface area contributed by atoms with E-state index in [1.165, 1.54) is 18.4 Å². The van der Waals surface area contributed by atoms with Gasteiger partial charge in [0, 0.05) is 30.3 Å². The Kier molecular flexibility index (Phi) is 5.44. The standard InChI is InChI=1S/C24H27N3O3S/c1-2-10-30-24(29)27-9-7-18-21(17-8-11-31-14-17)26-20-6-5-16(12-19(20)22(18)27)23(28)25-13-15-3-4-15/h2,5-6,8,11-12,14-15,18,21-22,26H,1,3-4,7,9-10,13H2,(H,25,28). The summed E-state index contributed by atoms with van der Waals surface area (Å²) in [6.45, 7) is 5.20. The Morgan fingerprint density at radius 1 is 1.29 bits per heavy atom. The molecule has 2 amide bonds. The molecule has 3 aliphatic rings. The number of carbonyl (C=O) groups is 2. The van der Waals surface area contributed by atoms with Gasteiger partial charge in [-0.2, -0.15) is 11.3 Å². The minimum atomic E-state index is -0.326. The number of carbonyl (C=O) groups excluding carboxylic acids is 2. The zero-order chi connectivity index (χ0) is 21.4. The smallest absolute Gasteiger partial charge is 0.410 e. The lowest BCUT2D eigenvalue weighted by Gasteiger charge is -2.39. The molecule has 2 aliphatic heterocycles. The Labute approximate surface area is 186 Å². The van der Waals surface area contributed by atoms with Crippen LogP contribution in [0.4, 0.5) is 10.5 Å². The van der Waals surface area contributed by atoms with E-state index in [1.807, 2.05) is 23.1 Å². The SMILES string of the molecule is C=CCOC(=O)N1CCC2C(c3ccsc3)Nc3ccc(C(=O)NCC4CC4)cc3C21. The van der Waals surface area contributed by atoms with Gasteiger partial charge in [0.2, 0.25) is 0 Å². The molecule has 6 nitrogen and oxygen atoms in total. The molecule has 2 N–H and O–H groups in total. The van der Waals surface area contributed by atoms with E-state index in [4.69, 9.17) is 4.74 Å². The first-order chi connectivity index (χ1) is 15.2. The molecule has 0 radical (unpaired) electrons. The predicted molar refractivity (Wildman–Crippen MR) is 121 cm³/mol. The van der Waals surface area contributed by atoms with Crippen LogP contribution in [-0.4, -0.2) is 36.6 Å². The summed E-state index contributed by atoms with van der Waals surface area (Å²) in [5.41, 5.74) is 3.83. The summed E-state index contributed by atoms with van der Waals surface area (Å²) in [5, 5.41) is 11.0. The van der Waals surface area contributed by atoms with E-state index in [0.29, 0.717) is 18.0 Å². The maximum atomic E-state index is 12.8. The van der Waals surface area contributed by atoms with E-state index in [-0.39, 0.29) is 36.6 Å². The Morgan fingerprint density at radius 2 is 2.16 bits per heavy atom. The summed E-state index contributed by atoms with van der Waals surface area (Å²) in [6, 6.07) is 7.93. The van der Waals surface area contributed by atoms with E-state index in [2.05, 4.69) is 34.0 Å². The Hall–Kier alpha value is -2.80. The first-order valence-electron chi connectivity index (χ1n) is 10.9. The minimum Gasteiger partial charge on any atom is -0.445 e. The second-order valence-corrected chi connectivity index (χ2v) is 9.37. The molecule has 162 valence electrons. The molecule has 2 fully saturated rings. The van der Waals surface area contributed by atoms with Crippen molar-refractivity contribution in [3.8, 4) is 0 Å². The van der Waals surface area contributed by atoms with Crippen LogP contribution in [0.1, 0.15) is 52.8 Å². The second-order valence-electron chi connectivity index (χ2n) is 8.59. The van der Waals surface area contributed by atoms with Gasteiger partial charge in [0.05, 0.1) is 12.1 Å². The summed E-state index contributed by atoms with van der Waals surface area (Å²) in [7, 11) is 0. The van der Waals surface area contributed by atoms with Crippen LogP contribution in [0.3, 0.4) is 0 Å². The van der Waals surface area contributed by atoms with Crippen molar-refractivity contribution in [2.45, 2.75) is 31.3 Å². The number of nitrogens with zero attached hydrogens (tertiary/aromatic N) is 1. The molecular weight excluding hydrogens is 410 g/mol. The summed E-state index contributed by atoms with van der Waals surface area (Å²) in [4.78, 5) is 27.4. The summed E-state index contributed by atoms with van der Waals surface area (Å²) in [5.74, 6) is 0.789. The van der Waals surface area contributed by atoms with Gasteiger partial charge in [-0.3, -0.25) is 4.79 Å². The van der Waals surface area contributed by atoms with Gasteiger partial charge in [0.1, 0.15) is 6.61 Å². The maximum absolute atomic E-state index is 12.8. The fourth-order valence-electron chi connectivity index (χ4n) is 4.78. The van der Waals surface area contributed by atoms with Gasteiger partial charge in [0.25, 0.3) is 5.91 Å². The number of hydrogen-bond acceptors (Lipinski definition) is 5. The van der Waals surface area contributed by atoms with Gasteiger partial charge in [-0.15, -0.1) is 0 Å². The summed E-state index contributed by atoms with van der Waals surface area (Å²) in [6.07, 6.45) is 4.53. The van der Waals surface area contributed by atoms with Crippen molar-refractivity contribution in [3.63, 3.8) is 0 Å². The molecule has 5 rings (SSSR count). The number of rotatable bonds is 6. The summed E-state index contributed by atoms with van der Waals surface area (Å²) < 4.78 is 5.39. The monoisotopic (exact) mass is 437 g/mol. The molecule has 1 aromatic heterocycles. The lowest BCUT2D eigenvalue weighted by molar-refractivity contribution is 0.0951. The van der Waals surface area contributed by atoms with Gasteiger partial charge in [-0.05, 0) is 71.3 Å². The van der Waals surface area contributed by atoms with Crippen molar-refractivity contribution < 1.29 is 14.3 Å². The molecule has 1 aromatic carbocycles. The average Bonchev–Trinajstić information content (AvgIpc) is 3.26. The molecule has 3 unspecified atom stereocenters. The van der Waals surface area contributed by atoms with E-state index in [1.54, 1.807) is 17.4 Å². The topological polar surface area (TPSA) is 70.7 Å². The van der Waals surface area contributed by atoms with Gasteiger partial charge < -0.3 is 20.3 Å². The zero-order valence-electron chi connectivity index (χ0n) is 17.4. The first-order valence-corrected chi connectivity index (χ1v) is 11.8. The third kappa shape index (κ3) is 3.94. The lowest BCUT2D eigenvalue weighted by Crippen LogP contribution is -2.38. The number of benzene rings is 1. The van der Waals surface area contributed by atoms with E-state index >= 15 is 0 Å². The van der Waals surface area contributed by atoms with E-state index < -0.39 is 0 Å². The summed E-state index contributed by atoms with van der Waals surface area (Å²) >= 11 is 1.68. The molecular formula is C24H27N3O3S. The fourth-order valence-corrected chi connectivity index (χ4v) is 5.48. The third-order valence-electron chi connectivity index (χ3n) is 6.53. The highest BCUT2D eigenvalue weighted by Crippen LogP contribution is 2.51. The highest BCUT2D eigenvalue weighted by molar-refractivity contribution is 7.08. The van der Waals surface area contributed by atoms with Crippen LogP contribution < -0.4 is 10.6 Å². The highest BCUT2D eigenvalue weighted by Gasteiger charge is 2.47. The van der Waals surface area contributed by atoms with Gasteiger partial charge in [-0.25, -0.2) is 4.79 Å². The van der Waals surface area contributed by atoms with Gasteiger partial charge in [-0.1, -0.05) is 12.7 Å². The number of fused-ring (bicyclic) bond motifs is 3. The minimum absolute atomic E-state index is 0.0509. The van der Waals surface area contributed by atoms with Crippen molar-refractivity contribution in [1.82, 2.24) is 10.2 Å². The number of likely N-dealkylation sites (tertiary alicyclic amines) is 1. The lowest BCUT2D eigenvalue weighted by atomic mass is 9.80. The Balaban J connectivity index is 1.47. The van der Waals surface area contributed by atoms with Crippen LogP contribution in [0.5, 0.6) is 0 Å². The van der Waals surface area contributed by atoms with Crippen molar-refractivity contribution in [1.29, 1.82) is 0 Å². The Bertz CT molecular complexity index is 986. The van der Waals surface area contributed by atoms with Gasteiger partial charge in [0.15, 0.2) is 0 Å². The first kappa shape index (κ1) is 20.1. The molecule has 1 saturated heterocycles. The average molecular weight is 438 g/mol. The van der Waals surface area contributed by atoms with Crippen LogP contribution in [-0.2, 0) is 4.74 Å². The molecule has 1 aliphatic carbocycles. The molecule has 0 bridgehead atoms. The van der Waals surface area contributed by atoms with Crippen LogP contribution >= 0.6 is 11.3 Å². The molecule has 0 spiro atoms. The van der Waals surface area contributed by atoms with Crippen molar-refractivity contribution >= 4 is 29.0 Å². The number of amides is 2. The predicted octanol–water partition coefficient (Wildman–Crippen LogP) is 4.74. The molecule has 2 aromatic rings. The molecule has 3 heterocycles. The number of hydrogen-bond donors (Lipinski definition) is 2. The number of ether oxygens (including phenoxy) is 1. The maximum Gasteiger partial charge on any atom is 0.410 e.